The molecule has 0 amide bonds. The van der Waals surface area contributed by atoms with Gasteiger partial charge >= 0.3 is 99.1 Å². The van der Waals surface area contributed by atoms with E-state index in [1.54, 1.807) is 0 Å². The van der Waals surface area contributed by atoms with Crippen LogP contribution in [0.2, 0.25) is 0 Å². The molecule has 0 radical (unpaired) electrons. The fourth-order valence-corrected chi connectivity index (χ4v) is 2.94. The minimum Gasteiger partial charge on any atom is -0.744 e. The molecule has 0 saturated heterocycles. The molecule has 0 unspecified atom stereocenters. The molecular weight excluding hydrogens is 714 g/mol. The van der Waals surface area contributed by atoms with E-state index in [-0.39, 0.29) is 51.4 Å². The molecular formula is C15F21KO4S. The van der Waals surface area contributed by atoms with Crippen molar-refractivity contribution in [2.24, 2.45) is 0 Å². The fourth-order valence-electron chi connectivity index (χ4n) is 2.27. The molecule has 0 heterocycles. The van der Waals surface area contributed by atoms with E-state index in [4.69, 9.17) is 0 Å². The maximum atomic E-state index is 13.7. The van der Waals surface area contributed by atoms with Crippen LogP contribution >= 0.6 is 0 Å². The van der Waals surface area contributed by atoms with Crippen LogP contribution in [0.3, 0.4) is 0 Å². The third-order valence-corrected chi connectivity index (χ3v) is 5.27. The van der Waals surface area contributed by atoms with Crippen molar-refractivity contribution in [3.8, 4) is 5.75 Å². The van der Waals surface area contributed by atoms with Crippen molar-refractivity contribution in [1.82, 2.24) is 0 Å². The second-order valence-corrected chi connectivity index (χ2v) is 8.32. The van der Waals surface area contributed by atoms with Crippen molar-refractivity contribution in [3.63, 3.8) is 0 Å². The Morgan fingerprint density at radius 1 is 0.571 bits per heavy atom. The minimum atomic E-state index is -8.96. The first-order valence-corrected chi connectivity index (χ1v) is 9.99. The zero-order valence-electron chi connectivity index (χ0n) is 18.5. The second-order valence-electron chi connectivity index (χ2n) is 7.00. The van der Waals surface area contributed by atoms with E-state index in [1.165, 1.54) is 0 Å². The molecule has 0 N–H and O–H groups in total. The Bertz CT molecular complexity index is 1350. The van der Waals surface area contributed by atoms with E-state index >= 15 is 0 Å². The van der Waals surface area contributed by atoms with Gasteiger partial charge in [0.2, 0.25) is 17.5 Å². The SMILES string of the molecule is O=S(=O)([O-])c1c(F)c(F)c(F)c(F)c1OC(F)=C(F)C(F)(F)C(F)(F)C(F)(F)C(F)(F)C(F)(F)C(F)(F)C(F)(F)F.[K+]. The Hall–Kier alpha value is -1.16. The number of alkyl halides is 15. The molecule has 0 aliphatic heterocycles. The van der Waals surface area contributed by atoms with Gasteiger partial charge in [-0.15, -0.1) is 0 Å². The average Bonchev–Trinajstić information content (AvgIpc) is 2.78. The van der Waals surface area contributed by atoms with Crippen LogP contribution < -0.4 is 56.1 Å². The number of hydrogen-bond acceptors (Lipinski definition) is 4. The van der Waals surface area contributed by atoms with Crippen molar-refractivity contribution in [2.75, 3.05) is 0 Å². The molecule has 0 saturated carbocycles. The number of benzene rings is 1. The van der Waals surface area contributed by atoms with Crippen LogP contribution in [0, 0.1) is 23.3 Å². The Morgan fingerprint density at radius 3 is 1.26 bits per heavy atom. The van der Waals surface area contributed by atoms with Gasteiger partial charge in [-0.3, -0.25) is 0 Å². The molecule has 0 atom stereocenters. The Morgan fingerprint density at radius 2 is 0.905 bits per heavy atom. The van der Waals surface area contributed by atoms with E-state index in [2.05, 4.69) is 4.74 Å². The monoisotopic (exact) mass is 714 g/mol. The van der Waals surface area contributed by atoms with Gasteiger partial charge in [0, 0.05) is 0 Å². The molecule has 1 aromatic rings. The van der Waals surface area contributed by atoms with Crippen molar-refractivity contribution in [3.05, 3.63) is 35.1 Å². The van der Waals surface area contributed by atoms with Crippen molar-refractivity contribution in [1.29, 1.82) is 0 Å². The van der Waals surface area contributed by atoms with Crippen molar-refractivity contribution < 1.29 is 161 Å². The predicted molar refractivity (Wildman–Crippen MR) is 79.8 cm³/mol. The second kappa shape index (κ2) is 11.6. The van der Waals surface area contributed by atoms with E-state index in [9.17, 15) is 105 Å². The quantitative estimate of drug-likeness (QED) is 0.0970. The van der Waals surface area contributed by atoms with Crippen molar-refractivity contribution >= 4 is 10.1 Å². The Kier molecular flexibility index (Phi) is 11.3. The van der Waals surface area contributed by atoms with Gasteiger partial charge in [0.15, 0.2) is 17.4 Å². The summed E-state index contributed by atoms with van der Waals surface area (Å²) in [4.78, 5) is -3.31. The standard InChI is InChI=1S/C15HF21O4S.K/c16-1-2(17)4(19)6(41(37,38)39)5(3(1)18)40-8(21)7(20)9(22,23)10(24,25)11(26,27)12(28,29)13(30,31)14(32,33)15(34,35)36;/h(H,37,38,39);/q;+1/p-1. The van der Waals surface area contributed by atoms with Crippen LogP contribution in [0.25, 0.3) is 0 Å². The third kappa shape index (κ3) is 5.93. The summed E-state index contributed by atoms with van der Waals surface area (Å²) in [6.07, 6.45) is -7.98. The van der Waals surface area contributed by atoms with E-state index in [1.807, 2.05) is 0 Å². The Labute approximate surface area is 257 Å². The number of halogens is 21. The van der Waals surface area contributed by atoms with Gasteiger partial charge in [-0.1, -0.05) is 0 Å². The van der Waals surface area contributed by atoms with Crippen molar-refractivity contribution in [2.45, 2.75) is 46.6 Å². The van der Waals surface area contributed by atoms with Gasteiger partial charge in [0.1, 0.15) is 15.0 Å². The first-order chi connectivity index (χ1) is 17.7. The summed E-state index contributed by atoms with van der Waals surface area (Å²) in [5.74, 6) is -74.2. The predicted octanol–water partition coefficient (Wildman–Crippen LogP) is 4.01. The maximum Gasteiger partial charge on any atom is 1.00 e. The molecule has 0 bridgehead atoms. The number of rotatable bonds is 9. The summed E-state index contributed by atoms with van der Waals surface area (Å²) in [6.45, 7) is 0. The fraction of sp³-hybridized carbons (Fsp3) is 0.467. The molecule has 1 rings (SSSR count). The summed E-state index contributed by atoms with van der Waals surface area (Å²) < 4.78 is 312. The molecule has 4 nitrogen and oxygen atoms in total. The summed E-state index contributed by atoms with van der Waals surface area (Å²) in [6, 6.07) is -4.56. The molecule has 238 valence electrons. The van der Waals surface area contributed by atoms with E-state index < -0.39 is 97.6 Å². The van der Waals surface area contributed by atoms with Crippen LogP contribution in [0.5, 0.6) is 5.75 Å². The number of allylic oxidation sites excluding steroid dienone is 1. The van der Waals surface area contributed by atoms with E-state index in [0.717, 1.165) is 0 Å². The van der Waals surface area contributed by atoms with Crippen LogP contribution in [-0.4, -0.2) is 54.7 Å². The largest absolute Gasteiger partial charge is 1.00 e. The normalized spacial score (nSPS) is 15.3. The maximum absolute atomic E-state index is 13.7. The molecule has 0 aliphatic carbocycles. The molecule has 42 heavy (non-hydrogen) atoms. The summed E-state index contributed by atoms with van der Waals surface area (Å²) in [7, 11) is -6.86. The molecule has 0 aliphatic rings. The van der Waals surface area contributed by atoms with Gasteiger partial charge in [-0.2, -0.15) is 79.0 Å². The molecule has 27 heteroatoms. The number of ether oxygens (including phenoxy) is 1. The third-order valence-electron chi connectivity index (χ3n) is 4.40. The Balaban J connectivity index is 0.0000168. The smallest absolute Gasteiger partial charge is 0.744 e. The summed E-state index contributed by atoms with van der Waals surface area (Å²) in [5, 5.41) is 0. The first-order valence-electron chi connectivity index (χ1n) is 8.58. The van der Waals surface area contributed by atoms with Gasteiger partial charge in [0.25, 0.3) is 0 Å². The zero-order chi connectivity index (χ0) is 33.3. The molecule has 0 spiro atoms. The van der Waals surface area contributed by atoms with Gasteiger partial charge < -0.3 is 9.29 Å². The molecule has 1 aromatic carbocycles. The van der Waals surface area contributed by atoms with Gasteiger partial charge in [-0.25, -0.2) is 21.6 Å². The van der Waals surface area contributed by atoms with Crippen LogP contribution in [-0.2, 0) is 10.1 Å². The summed E-state index contributed by atoms with van der Waals surface area (Å²) in [5.41, 5.74) is 0. The molecule has 0 aromatic heterocycles. The van der Waals surface area contributed by atoms with Crippen LogP contribution in [0.15, 0.2) is 16.7 Å². The van der Waals surface area contributed by atoms with Crippen LogP contribution in [0.1, 0.15) is 0 Å². The van der Waals surface area contributed by atoms with E-state index in [0.29, 0.717) is 0 Å². The topological polar surface area (TPSA) is 66.4 Å². The van der Waals surface area contributed by atoms with Gasteiger partial charge in [0.05, 0.1) is 0 Å². The number of hydrogen-bond donors (Lipinski definition) is 0. The first kappa shape index (κ1) is 40.8. The minimum absolute atomic E-state index is 0. The average molecular weight is 714 g/mol. The molecule has 0 fully saturated rings. The van der Waals surface area contributed by atoms with Gasteiger partial charge in [-0.05, 0) is 0 Å². The van der Waals surface area contributed by atoms with Crippen LogP contribution in [0.4, 0.5) is 92.2 Å². The zero-order valence-corrected chi connectivity index (χ0v) is 22.4. The summed E-state index contributed by atoms with van der Waals surface area (Å²) >= 11 is 0.